The third kappa shape index (κ3) is 7.44. The molecule has 0 aromatic rings. The summed E-state index contributed by atoms with van der Waals surface area (Å²) in [5, 5.41) is 142. The van der Waals surface area contributed by atoms with Crippen LogP contribution in [-0.2, 0) is 33.2 Å². The summed E-state index contributed by atoms with van der Waals surface area (Å²) in [7, 11) is 0. The number of rotatable bonds is 10. The van der Waals surface area contributed by atoms with Gasteiger partial charge in [-0.15, -0.1) is 0 Å². The molecule has 0 aromatic carbocycles. The van der Waals surface area contributed by atoms with E-state index in [1.54, 1.807) is 0 Å². The maximum atomic E-state index is 10.9. The molecular weight excluding hydrogens is 624 g/mol. The van der Waals surface area contributed by atoms with Gasteiger partial charge in [0, 0.05) is 0 Å². The van der Waals surface area contributed by atoms with E-state index in [1.807, 2.05) is 0 Å². The highest BCUT2D eigenvalue weighted by Crippen LogP contribution is 2.34. The highest BCUT2D eigenvalue weighted by molar-refractivity contribution is 4.97. The number of hydrogen-bond donors (Lipinski definition) is 14. The minimum atomic E-state index is -2.02. The summed E-state index contributed by atoms with van der Waals surface area (Å²) in [4.78, 5) is 0. The third-order valence-corrected chi connectivity index (χ3v) is 8.20. The Kier molecular flexibility index (Phi) is 12.8. The first kappa shape index (κ1) is 37.0. The fourth-order valence-corrected chi connectivity index (χ4v) is 5.55. The first-order chi connectivity index (χ1) is 21.3. The Labute approximate surface area is 254 Å². The fraction of sp³-hybridized carbons (Fsp3) is 1.00. The summed E-state index contributed by atoms with van der Waals surface area (Å²) in [6.45, 7) is -3.39. The molecule has 0 spiro atoms. The zero-order chi connectivity index (χ0) is 33.3. The molecule has 14 N–H and O–H groups in total. The van der Waals surface area contributed by atoms with Gasteiger partial charge in [-0.2, -0.15) is 0 Å². The first-order valence-corrected chi connectivity index (χ1v) is 14.1. The predicted molar refractivity (Wildman–Crippen MR) is 134 cm³/mol. The van der Waals surface area contributed by atoms with Crippen LogP contribution in [0, 0.1) is 0 Å². The second kappa shape index (κ2) is 15.6. The van der Waals surface area contributed by atoms with Crippen molar-refractivity contribution in [2.45, 2.75) is 123 Å². The van der Waals surface area contributed by atoms with Crippen molar-refractivity contribution in [2.75, 3.05) is 26.4 Å². The second-order valence-corrected chi connectivity index (χ2v) is 11.1. The van der Waals surface area contributed by atoms with Crippen LogP contribution < -0.4 is 0 Å². The molecule has 264 valence electrons. The lowest BCUT2D eigenvalue weighted by atomic mass is 9.95. The first-order valence-electron chi connectivity index (χ1n) is 14.1. The molecule has 0 aromatic heterocycles. The quantitative estimate of drug-likeness (QED) is 0.103. The van der Waals surface area contributed by atoms with Crippen LogP contribution in [0.4, 0.5) is 0 Å². The van der Waals surface area contributed by atoms with E-state index in [4.69, 9.17) is 33.2 Å². The lowest BCUT2D eigenvalue weighted by Crippen LogP contribution is -2.67. The Hall–Kier alpha value is -0.840. The normalized spacial score (nSPS) is 52.9. The van der Waals surface area contributed by atoms with Gasteiger partial charge in [-0.25, -0.2) is 0 Å². The van der Waals surface area contributed by atoms with Crippen molar-refractivity contribution in [3.63, 3.8) is 0 Å². The van der Waals surface area contributed by atoms with Crippen molar-refractivity contribution >= 4 is 0 Å². The molecule has 1 unspecified atom stereocenters. The van der Waals surface area contributed by atoms with Crippen molar-refractivity contribution in [3.8, 4) is 0 Å². The second-order valence-electron chi connectivity index (χ2n) is 11.1. The molecule has 45 heavy (non-hydrogen) atoms. The summed E-state index contributed by atoms with van der Waals surface area (Å²) < 4.78 is 37.7. The standard InChI is InChI=1S/C24H42O21/c25-1-5-9(29)10(30)15(35)22(40-5)44-19-7(3-27)42-24(17(37)12(19)32)45-20-8(4-28)41-23(16(36)13(20)33)43-18-6(2-26)39-21(38)14(34)11(18)31/h5-38H,1-4H2/t5-,6-,7-,8-,9-,10+,11-,12-,13-,14-,15-,16-,17-,18-,19-,20-,21?,22-,23-,24+/m1/s1. The maximum Gasteiger partial charge on any atom is 0.187 e. The summed E-state index contributed by atoms with van der Waals surface area (Å²) in [6.07, 6.45) is -35.3. The van der Waals surface area contributed by atoms with Gasteiger partial charge in [-0.3, -0.25) is 0 Å². The van der Waals surface area contributed by atoms with Crippen molar-refractivity contribution in [2.24, 2.45) is 0 Å². The number of hydrogen-bond acceptors (Lipinski definition) is 21. The van der Waals surface area contributed by atoms with Crippen molar-refractivity contribution in [1.29, 1.82) is 0 Å². The van der Waals surface area contributed by atoms with Crippen LogP contribution in [0.1, 0.15) is 0 Å². The fourth-order valence-electron chi connectivity index (χ4n) is 5.55. The van der Waals surface area contributed by atoms with Gasteiger partial charge in [0.2, 0.25) is 0 Å². The Morgan fingerprint density at radius 1 is 0.333 bits per heavy atom. The van der Waals surface area contributed by atoms with E-state index >= 15 is 0 Å². The van der Waals surface area contributed by atoms with Gasteiger partial charge in [0.25, 0.3) is 0 Å². The van der Waals surface area contributed by atoms with Crippen LogP contribution in [0.2, 0.25) is 0 Å². The number of aliphatic hydroxyl groups excluding tert-OH is 14. The predicted octanol–water partition coefficient (Wildman–Crippen LogP) is -9.75. The molecule has 0 saturated carbocycles. The van der Waals surface area contributed by atoms with Crippen LogP contribution >= 0.6 is 0 Å². The van der Waals surface area contributed by atoms with Gasteiger partial charge < -0.3 is 105 Å². The monoisotopic (exact) mass is 666 g/mol. The summed E-state index contributed by atoms with van der Waals surface area (Å²) in [6, 6.07) is 0. The lowest BCUT2D eigenvalue weighted by Gasteiger charge is -2.49. The van der Waals surface area contributed by atoms with Crippen molar-refractivity contribution in [3.05, 3.63) is 0 Å². The molecule has 4 aliphatic rings. The van der Waals surface area contributed by atoms with Gasteiger partial charge in [0.15, 0.2) is 25.2 Å². The molecule has 0 amide bonds. The van der Waals surface area contributed by atoms with E-state index in [2.05, 4.69) is 0 Å². The zero-order valence-corrected chi connectivity index (χ0v) is 23.5. The van der Waals surface area contributed by atoms with E-state index in [0.29, 0.717) is 0 Å². The van der Waals surface area contributed by atoms with Crippen molar-refractivity contribution in [1.82, 2.24) is 0 Å². The van der Waals surface area contributed by atoms with E-state index in [9.17, 15) is 71.5 Å². The van der Waals surface area contributed by atoms with Crippen LogP contribution in [0.3, 0.4) is 0 Å². The summed E-state index contributed by atoms with van der Waals surface area (Å²) in [5.74, 6) is 0. The minimum absolute atomic E-state index is 0.784. The number of aliphatic hydroxyl groups is 14. The lowest BCUT2D eigenvalue weighted by molar-refractivity contribution is -0.387. The average Bonchev–Trinajstić information content (AvgIpc) is 3.03. The Balaban J connectivity index is 1.43. The molecular formula is C24H42O21. The van der Waals surface area contributed by atoms with Gasteiger partial charge in [-0.1, -0.05) is 0 Å². The van der Waals surface area contributed by atoms with Crippen LogP contribution in [0.5, 0.6) is 0 Å². The number of ether oxygens (including phenoxy) is 7. The molecule has 20 atom stereocenters. The Bertz CT molecular complexity index is 910. The highest BCUT2D eigenvalue weighted by atomic mass is 16.8. The molecule has 4 fully saturated rings. The maximum absolute atomic E-state index is 10.9. The van der Waals surface area contributed by atoms with E-state index < -0.39 is 149 Å². The Morgan fingerprint density at radius 3 is 1.02 bits per heavy atom. The van der Waals surface area contributed by atoms with Crippen molar-refractivity contribution < 1.29 is 105 Å². The zero-order valence-electron chi connectivity index (χ0n) is 23.5. The van der Waals surface area contributed by atoms with Crippen LogP contribution in [-0.4, -0.2) is 221 Å². The van der Waals surface area contributed by atoms with Crippen LogP contribution in [0.15, 0.2) is 0 Å². The molecule has 4 aliphatic heterocycles. The largest absolute Gasteiger partial charge is 0.394 e. The smallest absolute Gasteiger partial charge is 0.187 e. The third-order valence-electron chi connectivity index (χ3n) is 8.20. The SMILES string of the molecule is OC[C@H]1O[C@H](O[C@H]2[C@H](O)[C@@H](O)[C@H](O[C@H]3[C@H](O)[C@@H](O)[C@@H](O[C@H]4[C@H](O)[C@@H](O)C(O)O[C@@H]4CO)O[C@@H]3CO)O[C@@H]2CO)[C@H](O)[C@@H](O)[C@@H]1O. The molecule has 0 aliphatic carbocycles. The van der Waals surface area contributed by atoms with E-state index in [1.165, 1.54) is 0 Å². The van der Waals surface area contributed by atoms with Gasteiger partial charge in [-0.05, 0) is 0 Å². The Morgan fingerprint density at radius 2 is 0.644 bits per heavy atom. The van der Waals surface area contributed by atoms with Crippen LogP contribution in [0.25, 0.3) is 0 Å². The topological polar surface area (TPSA) is 348 Å². The minimum Gasteiger partial charge on any atom is -0.394 e. The highest BCUT2D eigenvalue weighted by Gasteiger charge is 2.55. The van der Waals surface area contributed by atoms with Gasteiger partial charge >= 0.3 is 0 Å². The molecule has 0 bridgehead atoms. The molecule has 4 rings (SSSR count). The molecule has 0 radical (unpaired) electrons. The van der Waals surface area contributed by atoms with Gasteiger partial charge in [0.05, 0.1) is 26.4 Å². The van der Waals surface area contributed by atoms with E-state index in [0.717, 1.165) is 0 Å². The summed E-state index contributed by atoms with van der Waals surface area (Å²) in [5.41, 5.74) is 0. The molecule has 4 heterocycles. The summed E-state index contributed by atoms with van der Waals surface area (Å²) >= 11 is 0. The molecule has 21 nitrogen and oxygen atoms in total. The van der Waals surface area contributed by atoms with Gasteiger partial charge in [0.1, 0.15) is 97.7 Å². The average molecular weight is 667 g/mol. The van der Waals surface area contributed by atoms with E-state index in [-0.39, 0.29) is 0 Å². The molecule has 4 saturated heterocycles. The molecule has 21 heteroatoms.